The molecule has 1 aliphatic heterocycles. The zero-order valence-corrected chi connectivity index (χ0v) is 9.87. The molecular formula is C11H11BrO3. The maximum absolute atomic E-state index is 10.4. The molecule has 1 aliphatic rings. The van der Waals surface area contributed by atoms with Gasteiger partial charge in [-0.05, 0) is 34.5 Å². The van der Waals surface area contributed by atoms with Crippen LogP contribution < -0.4 is 4.74 Å². The number of phenols is 1. The number of ether oxygens (including phenoxy) is 1. The van der Waals surface area contributed by atoms with Gasteiger partial charge in [0.25, 0.3) is 0 Å². The van der Waals surface area contributed by atoms with Crippen LogP contribution in [0.1, 0.15) is 18.1 Å². The Morgan fingerprint density at radius 1 is 1.73 bits per heavy atom. The number of rotatable bonds is 2. The van der Waals surface area contributed by atoms with Gasteiger partial charge in [-0.25, -0.2) is 0 Å². The minimum Gasteiger partial charge on any atom is -0.506 e. The molecule has 0 saturated heterocycles. The quantitative estimate of drug-likeness (QED) is 0.839. The molecule has 1 unspecified atom stereocenters. The largest absolute Gasteiger partial charge is 0.506 e. The minimum atomic E-state index is 0.106. The fourth-order valence-electron chi connectivity index (χ4n) is 1.81. The summed E-state index contributed by atoms with van der Waals surface area (Å²) >= 11 is 3.29. The number of benzene rings is 1. The number of hydrogen-bond acceptors (Lipinski definition) is 3. The molecule has 0 fully saturated rings. The molecule has 1 aromatic carbocycles. The topological polar surface area (TPSA) is 46.5 Å². The highest BCUT2D eigenvalue weighted by molar-refractivity contribution is 9.10. The summed E-state index contributed by atoms with van der Waals surface area (Å²) in [5.41, 5.74) is 1.69. The number of carbonyl (C=O) groups excluding carboxylic acids is 1. The van der Waals surface area contributed by atoms with Crippen molar-refractivity contribution in [3.8, 4) is 11.5 Å². The van der Waals surface area contributed by atoms with E-state index in [4.69, 9.17) is 4.74 Å². The van der Waals surface area contributed by atoms with Gasteiger partial charge in [0.05, 0.1) is 0 Å². The molecule has 0 aromatic heterocycles. The Hall–Kier alpha value is -1.03. The van der Waals surface area contributed by atoms with Crippen LogP contribution in [-0.4, -0.2) is 17.5 Å². The molecule has 0 radical (unpaired) electrons. The summed E-state index contributed by atoms with van der Waals surface area (Å²) in [5.74, 6) is 0.810. The van der Waals surface area contributed by atoms with Crippen LogP contribution >= 0.6 is 15.9 Å². The summed E-state index contributed by atoms with van der Waals surface area (Å²) in [7, 11) is 0. The second kappa shape index (κ2) is 3.85. The van der Waals surface area contributed by atoms with Crippen molar-refractivity contribution >= 4 is 22.2 Å². The van der Waals surface area contributed by atoms with Gasteiger partial charge in [0, 0.05) is 18.4 Å². The first-order valence-corrected chi connectivity index (χ1v) is 5.56. The molecule has 0 aliphatic carbocycles. The van der Waals surface area contributed by atoms with E-state index in [0.717, 1.165) is 18.3 Å². The number of hydrogen-bond donors (Lipinski definition) is 1. The van der Waals surface area contributed by atoms with Crippen LogP contribution in [0.5, 0.6) is 11.5 Å². The zero-order valence-electron chi connectivity index (χ0n) is 8.29. The second-order valence-electron chi connectivity index (χ2n) is 3.69. The standard InChI is InChI=1S/C11H11BrO3/c1-6-4-8-5-7(2-3-13)10(14)9(12)11(8)15-6/h3,5-6,14H,2,4H2,1H3. The molecule has 0 amide bonds. The molecule has 0 bridgehead atoms. The van der Waals surface area contributed by atoms with Crippen molar-refractivity contribution in [2.75, 3.05) is 0 Å². The average molecular weight is 271 g/mol. The van der Waals surface area contributed by atoms with E-state index < -0.39 is 0 Å². The van der Waals surface area contributed by atoms with Crippen LogP contribution in [0.2, 0.25) is 0 Å². The fraction of sp³-hybridized carbons (Fsp3) is 0.364. The van der Waals surface area contributed by atoms with Crippen molar-refractivity contribution in [3.05, 3.63) is 21.7 Å². The normalized spacial score (nSPS) is 18.4. The van der Waals surface area contributed by atoms with Gasteiger partial charge in [0.1, 0.15) is 28.4 Å². The predicted octanol–water partition coefficient (Wildman–Crippen LogP) is 2.22. The Morgan fingerprint density at radius 2 is 2.47 bits per heavy atom. The van der Waals surface area contributed by atoms with Crippen molar-refractivity contribution < 1.29 is 14.6 Å². The molecule has 1 heterocycles. The third kappa shape index (κ3) is 1.74. The fourth-order valence-corrected chi connectivity index (χ4v) is 2.41. The van der Waals surface area contributed by atoms with Crippen LogP contribution in [0, 0.1) is 0 Å². The lowest BCUT2D eigenvalue weighted by Gasteiger charge is -2.09. The monoisotopic (exact) mass is 270 g/mol. The summed E-state index contributed by atoms with van der Waals surface area (Å²) in [5, 5.41) is 9.79. The third-order valence-electron chi connectivity index (χ3n) is 2.48. The van der Waals surface area contributed by atoms with E-state index in [1.54, 1.807) is 0 Å². The molecule has 1 atom stereocenters. The molecule has 0 spiro atoms. The number of aromatic hydroxyl groups is 1. The van der Waals surface area contributed by atoms with Crippen molar-refractivity contribution in [3.63, 3.8) is 0 Å². The smallest absolute Gasteiger partial charge is 0.141 e. The Labute approximate surface area is 96.2 Å². The van der Waals surface area contributed by atoms with Crippen LogP contribution in [0.3, 0.4) is 0 Å². The van der Waals surface area contributed by atoms with E-state index >= 15 is 0 Å². The first kappa shape index (κ1) is 10.5. The highest BCUT2D eigenvalue weighted by Gasteiger charge is 2.25. The molecule has 1 aromatic rings. The molecule has 2 rings (SSSR count). The number of halogens is 1. The molecule has 4 heteroatoms. The van der Waals surface area contributed by atoms with Gasteiger partial charge in [-0.2, -0.15) is 0 Å². The Balaban J connectivity index is 2.51. The molecule has 15 heavy (non-hydrogen) atoms. The molecule has 3 nitrogen and oxygen atoms in total. The van der Waals surface area contributed by atoms with Crippen LogP contribution in [0.25, 0.3) is 0 Å². The van der Waals surface area contributed by atoms with Gasteiger partial charge in [-0.15, -0.1) is 0 Å². The summed E-state index contributed by atoms with van der Waals surface area (Å²) in [4.78, 5) is 10.4. The second-order valence-corrected chi connectivity index (χ2v) is 4.48. The first-order valence-electron chi connectivity index (χ1n) is 4.77. The Bertz CT molecular complexity index is 415. The van der Waals surface area contributed by atoms with E-state index in [-0.39, 0.29) is 18.3 Å². The molecule has 0 saturated carbocycles. The van der Waals surface area contributed by atoms with E-state index in [2.05, 4.69) is 15.9 Å². The van der Waals surface area contributed by atoms with Crippen LogP contribution in [0.15, 0.2) is 10.5 Å². The Morgan fingerprint density at radius 3 is 3.13 bits per heavy atom. The van der Waals surface area contributed by atoms with E-state index in [1.807, 2.05) is 13.0 Å². The van der Waals surface area contributed by atoms with Crippen molar-refractivity contribution in [2.45, 2.75) is 25.9 Å². The lowest BCUT2D eigenvalue weighted by molar-refractivity contribution is -0.107. The van der Waals surface area contributed by atoms with E-state index in [9.17, 15) is 9.90 Å². The van der Waals surface area contributed by atoms with E-state index in [0.29, 0.717) is 15.8 Å². The minimum absolute atomic E-state index is 0.106. The van der Waals surface area contributed by atoms with Crippen molar-refractivity contribution in [2.24, 2.45) is 0 Å². The van der Waals surface area contributed by atoms with Crippen molar-refractivity contribution in [1.82, 2.24) is 0 Å². The SMILES string of the molecule is CC1Cc2cc(CC=O)c(O)c(Br)c2O1. The highest BCUT2D eigenvalue weighted by Crippen LogP contribution is 2.43. The van der Waals surface area contributed by atoms with Crippen LogP contribution in [-0.2, 0) is 17.6 Å². The van der Waals surface area contributed by atoms with Crippen molar-refractivity contribution in [1.29, 1.82) is 0 Å². The lowest BCUT2D eigenvalue weighted by atomic mass is 10.0. The maximum atomic E-state index is 10.4. The first-order chi connectivity index (χ1) is 7.13. The maximum Gasteiger partial charge on any atom is 0.141 e. The number of fused-ring (bicyclic) bond motifs is 1. The summed E-state index contributed by atoms with van der Waals surface area (Å²) in [6.45, 7) is 1.98. The Kier molecular flexibility index (Phi) is 2.69. The average Bonchev–Trinajstić information content (AvgIpc) is 2.56. The van der Waals surface area contributed by atoms with Crippen LogP contribution in [0.4, 0.5) is 0 Å². The number of carbonyl (C=O) groups is 1. The zero-order chi connectivity index (χ0) is 11.0. The summed E-state index contributed by atoms with van der Waals surface area (Å²) in [6, 6.07) is 1.84. The van der Waals surface area contributed by atoms with Gasteiger partial charge < -0.3 is 14.6 Å². The van der Waals surface area contributed by atoms with Gasteiger partial charge in [-0.3, -0.25) is 0 Å². The molecule has 80 valence electrons. The lowest BCUT2D eigenvalue weighted by Crippen LogP contribution is -2.05. The number of phenolic OH excluding ortho intramolecular Hbond substituents is 1. The molecular weight excluding hydrogens is 260 g/mol. The summed E-state index contributed by atoms with van der Waals surface area (Å²) in [6.07, 6.45) is 1.96. The molecule has 1 N–H and O–H groups in total. The third-order valence-corrected chi connectivity index (χ3v) is 3.22. The van der Waals surface area contributed by atoms with Gasteiger partial charge in [0.2, 0.25) is 0 Å². The highest BCUT2D eigenvalue weighted by atomic mass is 79.9. The number of aldehydes is 1. The van der Waals surface area contributed by atoms with E-state index in [1.165, 1.54) is 0 Å². The summed E-state index contributed by atoms with van der Waals surface area (Å²) < 4.78 is 6.11. The van der Waals surface area contributed by atoms with Gasteiger partial charge in [-0.1, -0.05) is 0 Å². The predicted molar refractivity (Wildman–Crippen MR) is 59.4 cm³/mol. The van der Waals surface area contributed by atoms with Gasteiger partial charge in [0.15, 0.2) is 0 Å². The van der Waals surface area contributed by atoms with Gasteiger partial charge >= 0.3 is 0 Å².